The van der Waals surface area contributed by atoms with Crippen LogP contribution in [0.5, 0.6) is 23.0 Å². The Kier molecular flexibility index (Phi) is 8.07. The molecule has 0 atom stereocenters. The van der Waals surface area contributed by atoms with Crippen molar-refractivity contribution in [2.75, 3.05) is 0 Å². The van der Waals surface area contributed by atoms with Gasteiger partial charge >= 0.3 is 0 Å². The Morgan fingerprint density at radius 3 is 1.08 bits per heavy atom. The van der Waals surface area contributed by atoms with Crippen LogP contribution in [0, 0.1) is 0 Å². The van der Waals surface area contributed by atoms with Gasteiger partial charge in [-0.25, -0.2) is 0 Å². The van der Waals surface area contributed by atoms with Crippen molar-refractivity contribution in [1.82, 2.24) is 0 Å². The van der Waals surface area contributed by atoms with Crippen LogP contribution in [-0.4, -0.2) is 20.4 Å². The molecule has 0 heterocycles. The van der Waals surface area contributed by atoms with Crippen molar-refractivity contribution >= 4 is 54.2 Å². The normalized spacial score (nSPS) is 14.6. The lowest BCUT2D eigenvalue weighted by Crippen LogP contribution is -1.92. The fraction of sp³-hybridized carbons (Fsp3) is 0.0690. The lowest BCUT2D eigenvalue weighted by molar-refractivity contribution is 0.471. The second kappa shape index (κ2) is 13.9. The average molecular weight is 801 g/mol. The van der Waals surface area contributed by atoms with Crippen molar-refractivity contribution in [2.45, 2.75) is 25.7 Å². The number of phenolic OH excluding ortho intramolecular Hbond substituents is 4. The van der Waals surface area contributed by atoms with Crippen LogP contribution < -0.4 is 0 Å². The topological polar surface area (TPSA) is 80.9 Å². The first-order valence-corrected chi connectivity index (χ1v) is 21.3. The number of rotatable bonds is 4. The van der Waals surface area contributed by atoms with E-state index in [1.807, 2.05) is 97.1 Å². The van der Waals surface area contributed by atoms with Crippen LogP contribution in [0.25, 0.3) is 98.7 Å². The van der Waals surface area contributed by atoms with Crippen LogP contribution >= 0.6 is 0 Å². The molecule has 2 aliphatic carbocycles. The van der Waals surface area contributed by atoms with Gasteiger partial charge in [-0.05, 0) is 138 Å². The maximum absolute atomic E-state index is 12.2. The van der Waals surface area contributed by atoms with Crippen molar-refractivity contribution in [3.63, 3.8) is 0 Å². The van der Waals surface area contributed by atoms with Crippen molar-refractivity contribution in [3.05, 3.63) is 192 Å². The van der Waals surface area contributed by atoms with E-state index >= 15 is 0 Å². The first-order valence-electron chi connectivity index (χ1n) is 21.3. The summed E-state index contributed by atoms with van der Waals surface area (Å²) in [6.45, 7) is 0. The molecule has 0 radical (unpaired) electrons. The molecular weight excluding hydrogens is 761 g/mol. The molecule has 4 heteroatoms. The number of fused-ring (bicyclic) bond motifs is 6. The van der Waals surface area contributed by atoms with Crippen LogP contribution in [-0.2, 0) is 12.8 Å². The number of hydrogen-bond donors (Lipinski definition) is 4. The van der Waals surface area contributed by atoms with Gasteiger partial charge in [0.2, 0.25) is 0 Å². The molecule has 10 aromatic rings. The minimum Gasteiger partial charge on any atom is -0.507 e. The molecule has 0 fully saturated rings. The first-order chi connectivity index (χ1) is 30.4. The minimum atomic E-state index is 0.135. The lowest BCUT2D eigenvalue weighted by Gasteiger charge is -2.18. The summed E-state index contributed by atoms with van der Waals surface area (Å²) in [5.41, 5.74) is 13.7. The number of hydrogen-bond acceptors (Lipinski definition) is 4. The maximum Gasteiger partial charge on any atom is 0.132 e. The molecule has 296 valence electrons. The van der Waals surface area contributed by atoms with Crippen LogP contribution in [0.4, 0.5) is 0 Å². The smallest absolute Gasteiger partial charge is 0.132 e. The van der Waals surface area contributed by atoms with E-state index in [2.05, 4.69) is 60.7 Å². The summed E-state index contributed by atoms with van der Waals surface area (Å²) in [5, 5.41) is 54.6. The molecule has 10 aromatic carbocycles. The molecule has 0 unspecified atom stereocenters. The number of aromatic hydroxyl groups is 4. The number of allylic oxidation sites excluding steroid dienone is 2. The molecule has 0 amide bonds. The van der Waals surface area contributed by atoms with Crippen LogP contribution in [0.15, 0.2) is 170 Å². The fourth-order valence-electron chi connectivity index (χ4n) is 10.6. The van der Waals surface area contributed by atoms with Crippen LogP contribution in [0.1, 0.15) is 35.1 Å². The minimum absolute atomic E-state index is 0.135. The SMILES string of the molecule is Oc1ccc2ccccc2c1-c1c(O)c(-c2ccc3c(c2)CC/C3=C2/CCc3cc(-c4cc5ccccc5c(-c5c(O)ccc6ccccc56)c4O)ccc32)cc2ccccc12. The largest absolute Gasteiger partial charge is 0.507 e. The van der Waals surface area contributed by atoms with Gasteiger partial charge in [-0.15, -0.1) is 0 Å². The van der Waals surface area contributed by atoms with E-state index in [0.29, 0.717) is 22.3 Å². The predicted molar refractivity (Wildman–Crippen MR) is 255 cm³/mol. The van der Waals surface area contributed by atoms with E-state index in [0.717, 1.165) is 91.0 Å². The van der Waals surface area contributed by atoms with Crippen LogP contribution in [0.3, 0.4) is 0 Å². The molecule has 0 aromatic heterocycles. The van der Waals surface area contributed by atoms with Gasteiger partial charge in [-0.2, -0.15) is 0 Å². The monoisotopic (exact) mass is 800 g/mol. The molecule has 0 saturated carbocycles. The summed E-state index contributed by atoms with van der Waals surface area (Å²) in [7, 11) is 0. The Morgan fingerprint density at radius 1 is 0.290 bits per heavy atom. The van der Waals surface area contributed by atoms with E-state index in [9.17, 15) is 20.4 Å². The zero-order chi connectivity index (χ0) is 41.6. The third kappa shape index (κ3) is 5.46. The second-order valence-electron chi connectivity index (χ2n) is 16.8. The van der Waals surface area contributed by atoms with Gasteiger partial charge in [0.1, 0.15) is 23.0 Å². The lowest BCUT2D eigenvalue weighted by atomic mass is 9.87. The zero-order valence-electron chi connectivity index (χ0n) is 33.8. The summed E-state index contributed by atoms with van der Waals surface area (Å²) < 4.78 is 0. The van der Waals surface area contributed by atoms with Gasteiger partial charge in [-0.3, -0.25) is 0 Å². The van der Waals surface area contributed by atoms with Gasteiger partial charge in [0.05, 0.1) is 0 Å². The van der Waals surface area contributed by atoms with Crippen molar-refractivity contribution < 1.29 is 20.4 Å². The second-order valence-corrected chi connectivity index (χ2v) is 16.8. The average Bonchev–Trinajstić information content (AvgIpc) is 3.93. The Labute approximate surface area is 358 Å². The van der Waals surface area contributed by atoms with Crippen molar-refractivity contribution in [2.24, 2.45) is 0 Å². The molecule has 4 nitrogen and oxygen atoms in total. The first kappa shape index (κ1) is 36.1. The third-order valence-corrected chi connectivity index (χ3v) is 13.5. The molecule has 0 bridgehead atoms. The Balaban J connectivity index is 0.941. The number of benzene rings is 10. The van der Waals surface area contributed by atoms with Crippen molar-refractivity contribution in [1.29, 1.82) is 0 Å². The molecule has 2 aliphatic rings. The Bertz CT molecular complexity index is 3340. The van der Waals surface area contributed by atoms with E-state index in [1.165, 1.54) is 33.4 Å². The van der Waals surface area contributed by atoms with E-state index in [4.69, 9.17) is 0 Å². The molecule has 0 spiro atoms. The highest BCUT2D eigenvalue weighted by atomic mass is 16.3. The molecular formula is C58H40O4. The summed E-state index contributed by atoms with van der Waals surface area (Å²) in [6, 6.07) is 56.7. The van der Waals surface area contributed by atoms with Gasteiger partial charge in [-0.1, -0.05) is 146 Å². The van der Waals surface area contributed by atoms with Gasteiger partial charge in [0, 0.05) is 33.4 Å². The Hall–Kier alpha value is -7.82. The number of aryl methyl sites for hydroxylation is 2. The van der Waals surface area contributed by atoms with E-state index in [1.54, 1.807) is 12.1 Å². The van der Waals surface area contributed by atoms with Gasteiger partial charge in [0.25, 0.3) is 0 Å². The predicted octanol–water partition coefficient (Wildman–Crippen LogP) is 14.6. The highest BCUT2D eigenvalue weighted by Crippen LogP contribution is 2.52. The fourth-order valence-corrected chi connectivity index (χ4v) is 10.6. The molecule has 12 rings (SSSR count). The van der Waals surface area contributed by atoms with E-state index < -0.39 is 0 Å². The molecule has 4 N–H and O–H groups in total. The summed E-state index contributed by atoms with van der Waals surface area (Å²) in [5.74, 6) is 0.586. The highest BCUT2D eigenvalue weighted by Gasteiger charge is 2.28. The Morgan fingerprint density at radius 2 is 0.661 bits per heavy atom. The summed E-state index contributed by atoms with van der Waals surface area (Å²) in [6.07, 6.45) is 3.71. The zero-order valence-corrected chi connectivity index (χ0v) is 33.8. The number of phenols is 4. The maximum atomic E-state index is 12.2. The molecule has 0 aliphatic heterocycles. The molecule has 62 heavy (non-hydrogen) atoms. The quantitative estimate of drug-likeness (QED) is 0.143. The third-order valence-electron chi connectivity index (χ3n) is 13.5. The summed E-state index contributed by atoms with van der Waals surface area (Å²) >= 11 is 0. The standard InChI is InChI=1S/C58H40O4/c59-51-27-21-33-9-1-5-13-43(33)53(51)55-45-15-7-3-11-35(45)31-49(57(55)61)39-17-23-41-37(29-39)19-25-47(41)48-26-20-38-30-40(18-24-42(38)48)50-32-36-12-4-8-16-46(36)56(58(50)62)54-44-14-6-2-10-34(44)22-28-52(54)60/h1-18,21-24,27-32,59-62H,19-20,25-26H2/b48-47+. The molecule has 0 saturated heterocycles. The van der Waals surface area contributed by atoms with Crippen molar-refractivity contribution in [3.8, 4) is 67.5 Å². The van der Waals surface area contributed by atoms with E-state index in [-0.39, 0.29) is 23.0 Å². The highest BCUT2D eigenvalue weighted by molar-refractivity contribution is 6.14. The summed E-state index contributed by atoms with van der Waals surface area (Å²) in [4.78, 5) is 0. The van der Waals surface area contributed by atoms with Gasteiger partial charge < -0.3 is 20.4 Å². The van der Waals surface area contributed by atoms with Crippen LogP contribution in [0.2, 0.25) is 0 Å². The van der Waals surface area contributed by atoms with Gasteiger partial charge in [0.15, 0.2) is 0 Å².